The summed E-state index contributed by atoms with van der Waals surface area (Å²) in [5.74, 6) is -0.638. The number of carbonyl (C=O) groups excluding carboxylic acids is 2. The van der Waals surface area contributed by atoms with Crippen LogP contribution in [-0.2, 0) is 4.79 Å². The fraction of sp³-hybridized carbons (Fsp3) is 0.300. The first-order chi connectivity index (χ1) is 13.4. The molecule has 2 aromatic rings. The van der Waals surface area contributed by atoms with Crippen LogP contribution in [0.15, 0.2) is 48.5 Å². The zero-order valence-electron chi connectivity index (χ0n) is 15.2. The molecule has 1 fully saturated rings. The number of hydrogen-bond acceptors (Lipinski definition) is 4. The molecule has 3 N–H and O–H groups in total. The Morgan fingerprint density at radius 3 is 2.39 bits per heavy atom. The summed E-state index contributed by atoms with van der Waals surface area (Å²) < 4.78 is 29.3. The lowest BCUT2D eigenvalue weighted by Gasteiger charge is -2.17. The van der Waals surface area contributed by atoms with Crippen LogP contribution in [0.2, 0.25) is 0 Å². The number of ether oxygens (including phenoxy) is 1. The Bertz CT molecular complexity index is 839. The predicted molar refractivity (Wildman–Crippen MR) is 102 cm³/mol. The Labute approximate surface area is 161 Å². The first kappa shape index (κ1) is 19.6. The summed E-state index contributed by atoms with van der Waals surface area (Å²) in [6.45, 7) is -1.34. The highest BCUT2D eigenvalue weighted by atomic mass is 19.3. The number of para-hydroxylation sites is 2. The number of carbonyl (C=O) groups is 2. The average molecular weight is 389 g/mol. The van der Waals surface area contributed by atoms with Crippen LogP contribution in [0.3, 0.4) is 0 Å². The molecule has 6 nitrogen and oxygen atoms in total. The molecule has 1 atom stereocenters. The van der Waals surface area contributed by atoms with Crippen LogP contribution in [0.5, 0.6) is 5.75 Å². The fourth-order valence-corrected chi connectivity index (χ4v) is 2.54. The van der Waals surface area contributed by atoms with Crippen LogP contribution in [0.25, 0.3) is 0 Å². The smallest absolute Gasteiger partial charge is 0.387 e. The van der Waals surface area contributed by atoms with Gasteiger partial charge in [-0.25, -0.2) is 0 Å². The summed E-state index contributed by atoms with van der Waals surface area (Å²) >= 11 is 0. The van der Waals surface area contributed by atoms with Gasteiger partial charge in [-0.1, -0.05) is 12.1 Å². The molecule has 1 unspecified atom stereocenters. The van der Waals surface area contributed by atoms with Crippen molar-refractivity contribution in [2.24, 2.45) is 0 Å². The van der Waals surface area contributed by atoms with E-state index >= 15 is 0 Å². The molecule has 3 rings (SSSR count). The number of alkyl halides is 2. The lowest BCUT2D eigenvalue weighted by atomic mass is 10.1. The number of nitrogens with one attached hydrogen (secondary N) is 3. The van der Waals surface area contributed by atoms with Gasteiger partial charge in [0.05, 0.1) is 5.69 Å². The van der Waals surface area contributed by atoms with Crippen molar-refractivity contribution in [3.05, 3.63) is 54.1 Å². The summed E-state index contributed by atoms with van der Waals surface area (Å²) in [4.78, 5) is 24.4. The van der Waals surface area contributed by atoms with Crippen molar-refractivity contribution in [3.63, 3.8) is 0 Å². The van der Waals surface area contributed by atoms with Crippen molar-refractivity contribution in [1.82, 2.24) is 5.32 Å². The lowest BCUT2D eigenvalue weighted by molar-refractivity contribution is -0.116. The first-order valence-corrected chi connectivity index (χ1v) is 8.94. The Hall–Kier alpha value is -3.16. The van der Waals surface area contributed by atoms with E-state index in [1.807, 2.05) is 0 Å². The normalized spacial score (nSPS) is 14.3. The Morgan fingerprint density at radius 1 is 1.07 bits per heavy atom. The van der Waals surface area contributed by atoms with E-state index in [1.54, 1.807) is 37.3 Å². The van der Waals surface area contributed by atoms with Crippen LogP contribution in [0.4, 0.5) is 20.2 Å². The van der Waals surface area contributed by atoms with Crippen molar-refractivity contribution in [1.29, 1.82) is 0 Å². The van der Waals surface area contributed by atoms with Crippen LogP contribution in [0, 0.1) is 0 Å². The largest absolute Gasteiger partial charge is 0.433 e. The van der Waals surface area contributed by atoms with Gasteiger partial charge in [0.1, 0.15) is 11.8 Å². The van der Waals surface area contributed by atoms with Gasteiger partial charge in [0, 0.05) is 17.3 Å². The van der Waals surface area contributed by atoms with Crippen molar-refractivity contribution in [2.75, 3.05) is 10.6 Å². The van der Waals surface area contributed by atoms with Crippen molar-refractivity contribution in [3.8, 4) is 5.75 Å². The monoisotopic (exact) mass is 389 g/mol. The van der Waals surface area contributed by atoms with Gasteiger partial charge >= 0.3 is 6.61 Å². The number of halogens is 2. The number of rotatable bonds is 8. The molecule has 8 heteroatoms. The second-order valence-corrected chi connectivity index (χ2v) is 6.56. The van der Waals surface area contributed by atoms with Gasteiger partial charge in [-0.05, 0) is 56.2 Å². The molecule has 0 spiro atoms. The van der Waals surface area contributed by atoms with Crippen molar-refractivity contribution >= 4 is 23.2 Å². The van der Waals surface area contributed by atoms with E-state index in [9.17, 15) is 18.4 Å². The van der Waals surface area contributed by atoms with Gasteiger partial charge in [0.2, 0.25) is 5.91 Å². The molecule has 1 aliphatic rings. The quantitative estimate of drug-likeness (QED) is 0.644. The van der Waals surface area contributed by atoms with E-state index < -0.39 is 18.6 Å². The molecule has 0 aliphatic heterocycles. The highest BCUT2D eigenvalue weighted by molar-refractivity contribution is 5.98. The standard InChI is InChI=1S/C20H21F2N3O3/c1-12(18(26)25-16-4-2-3-5-17(16)28-20(21)22)23-14-8-6-13(7-9-14)19(27)24-15-10-11-15/h2-9,12,15,20,23H,10-11H2,1H3,(H,24,27)(H,25,26). The molecule has 1 aliphatic carbocycles. The Morgan fingerprint density at radius 2 is 1.75 bits per heavy atom. The fourth-order valence-electron chi connectivity index (χ4n) is 2.54. The molecular weight excluding hydrogens is 368 g/mol. The van der Waals surface area contributed by atoms with Gasteiger partial charge in [-0.2, -0.15) is 8.78 Å². The summed E-state index contributed by atoms with van der Waals surface area (Å²) in [5.41, 5.74) is 1.36. The van der Waals surface area contributed by atoms with E-state index in [-0.39, 0.29) is 23.4 Å². The molecule has 0 aromatic heterocycles. The highest BCUT2D eigenvalue weighted by Crippen LogP contribution is 2.26. The van der Waals surface area contributed by atoms with Crippen molar-refractivity contribution < 1.29 is 23.1 Å². The maximum absolute atomic E-state index is 12.5. The molecule has 148 valence electrons. The average Bonchev–Trinajstić information content (AvgIpc) is 3.47. The van der Waals surface area contributed by atoms with E-state index in [0.29, 0.717) is 11.3 Å². The van der Waals surface area contributed by atoms with Gasteiger partial charge < -0.3 is 20.7 Å². The molecule has 2 amide bonds. The topological polar surface area (TPSA) is 79.5 Å². The minimum absolute atomic E-state index is 0.107. The number of hydrogen-bond donors (Lipinski definition) is 3. The summed E-state index contributed by atoms with van der Waals surface area (Å²) in [7, 11) is 0. The first-order valence-electron chi connectivity index (χ1n) is 8.94. The molecule has 28 heavy (non-hydrogen) atoms. The number of amides is 2. The number of benzene rings is 2. The molecule has 1 saturated carbocycles. The third-order valence-corrected chi connectivity index (χ3v) is 4.20. The van der Waals surface area contributed by atoms with E-state index in [4.69, 9.17) is 0 Å². The van der Waals surface area contributed by atoms with Crippen molar-refractivity contribution in [2.45, 2.75) is 38.5 Å². The third-order valence-electron chi connectivity index (χ3n) is 4.20. The minimum Gasteiger partial charge on any atom is -0.433 e. The predicted octanol–water partition coefficient (Wildman–Crippen LogP) is 3.62. The molecule has 0 bridgehead atoms. The van der Waals surface area contributed by atoms with Gasteiger partial charge in [-0.3, -0.25) is 9.59 Å². The number of anilines is 2. The maximum Gasteiger partial charge on any atom is 0.387 e. The van der Waals surface area contributed by atoms with Crippen LogP contribution in [-0.4, -0.2) is 30.5 Å². The van der Waals surface area contributed by atoms with E-state index in [0.717, 1.165) is 12.8 Å². The summed E-state index contributed by atoms with van der Waals surface area (Å²) in [5, 5.41) is 8.48. The van der Waals surface area contributed by atoms with E-state index in [2.05, 4.69) is 20.7 Å². The van der Waals surface area contributed by atoms with Crippen LogP contribution in [0.1, 0.15) is 30.1 Å². The van der Waals surface area contributed by atoms with Gasteiger partial charge in [0.25, 0.3) is 5.91 Å². The van der Waals surface area contributed by atoms with Crippen LogP contribution >= 0.6 is 0 Å². The molecule has 0 saturated heterocycles. The Kier molecular flexibility index (Phi) is 6.08. The molecule has 0 heterocycles. The lowest BCUT2D eigenvalue weighted by Crippen LogP contribution is -2.32. The summed E-state index contributed by atoms with van der Waals surface area (Å²) in [6, 6.07) is 12.4. The molecule has 2 aromatic carbocycles. The maximum atomic E-state index is 12.5. The highest BCUT2D eigenvalue weighted by Gasteiger charge is 2.23. The van der Waals surface area contributed by atoms with Crippen LogP contribution < -0.4 is 20.7 Å². The van der Waals surface area contributed by atoms with Gasteiger partial charge in [0.15, 0.2) is 0 Å². The zero-order valence-corrected chi connectivity index (χ0v) is 15.2. The minimum atomic E-state index is -2.98. The second-order valence-electron chi connectivity index (χ2n) is 6.56. The van der Waals surface area contributed by atoms with Gasteiger partial charge in [-0.15, -0.1) is 0 Å². The third kappa shape index (κ3) is 5.42. The molecule has 0 radical (unpaired) electrons. The summed E-state index contributed by atoms with van der Waals surface area (Å²) in [6.07, 6.45) is 2.03. The molecular formula is C20H21F2N3O3. The zero-order chi connectivity index (χ0) is 20.1. The Balaban J connectivity index is 1.57. The van der Waals surface area contributed by atoms with E-state index in [1.165, 1.54) is 18.2 Å². The second kappa shape index (κ2) is 8.69. The SMILES string of the molecule is CC(Nc1ccc(C(=O)NC2CC2)cc1)C(=O)Nc1ccccc1OC(F)F.